The Morgan fingerprint density at radius 2 is 0.827 bits per heavy atom. The first kappa shape index (κ1) is 82.5. The zero-order valence-corrected chi connectivity index (χ0v) is 61.8. The summed E-state index contributed by atoms with van der Waals surface area (Å²) >= 11 is 0. The summed E-state index contributed by atoms with van der Waals surface area (Å²) in [5.74, 6) is -9.80. The lowest BCUT2D eigenvalue weighted by Gasteiger charge is -2.39. The van der Waals surface area contributed by atoms with Crippen LogP contribution in [0.2, 0.25) is 0 Å². The third-order valence-electron chi connectivity index (χ3n) is 19.1. The molecule has 0 bridgehead atoms. The van der Waals surface area contributed by atoms with Crippen LogP contribution in [0.25, 0.3) is 0 Å². The molecule has 2 aromatic rings. The van der Waals surface area contributed by atoms with Crippen LogP contribution in [0.15, 0.2) is 60.7 Å². The largest absolute Gasteiger partial charge is 0.391 e. The number of likely N-dealkylation sites (tertiary alicyclic amines) is 1. The average Bonchev–Trinajstić information content (AvgIpc) is 0.857. The fourth-order valence-corrected chi connectivity index (χ4v) is 12.6. The molecule has 2 aromatic carbocycles. The summed E-state index contributed by atoms with van der Waals surface area (Å²) in [6, 6.07) is 4.42. The smallest absolute Gasteiger partial charge is 0.248 e. The van der Waals surface area contributed by atoms with Crippen LogP contribution in [0, 0.1) is 29.6 Å². The Kier molecular flexibility index (Phi) is 32.3. The summed E-state index contributed by atoms with van der Waals surface area (Å²) in [5.41, 5.74) is 1.29. The molecule has 12 atom stereocenters. The van der Waals surface area contributed by atoms with E-state index in [1.54, 1.807) is 72.5 Å². The van der Waals surface area contributed by atoms with E-state index in [1.165, 1.54) is 87.7 Å². The van der Waals surface area contributed by atoms with Gasteiger partial charge in [-0.25, -0.2) is 0 Å². The second-order valence-electron chi connectivity index (χ2n) is 29.0. The first-order valence-corrected chi connectivity index (χ1v) is 35.0. The van der Waals surface area contributed by atoms with Gasteiger partial charge in [0.2, 0.25) is 70.9 Å². The van der Waals surface area contributed by atoms with Gasteiger partial charge in [0, 0.05) is 75.3 Å². The maximum atomic E-state index is 15.4. The molecule has 2 fully saturated rings. The molecule has 0 spiro atoms. The van der Waals surface area contributed by atoms with Crippen molar-refractivity contribution in [3.8, 4) is 0 Å². The van der Waals surface area contributed by atoms with Crippen LogP contribution < -0.4 is 21.3 Å². The number of rotatable bonds is 16. The SMILES string of the molecule is CC[C@H](C)[C@@H]1NC(=O)[C@H](Cc2ccccc2)N(C)C(=O)[C@H](CC(C)C)N(C)C(=O)[C@H](CC(C)C)N(C)C(=O)[C@H](C)NC(=O)[C@H](Cc2ccccc2)N(C)C(=O)[C@H]([C@@H](C)O)NC(=O)[C@H](CC(C)C)N(C)C(=O)[C@H](CC(C)C)N(C)C(=O)CN(C)C(=O)C[C@@H](C(=O)N2CCCCC2)NC1=O. The molecule has 2 aliphatic heterocycles. The van der Waals surface area contributed by atoms with Gasteiger partial charge in [-0.05, 0) is 99.5 Å². The first-order chi connectivity index (χ1) is 45.9. The van der Waals surface area contributed by atoms with Gasteiger partial charge in [0.05, 0.1) is 19.1 Å². The Balaban J connectivity index is 1.96. The van der Waals surface area contributed by atoms with Crippen molar-refractivity contribution in [3.05, 3.63) is 71.8 Å². The van der Waals surface area contributed by atoms with Gasteiger partial charge in [-0.3, -0.25) is 57.5 Å². The number of aliphatic hydroxyl groups excluding tert-OH is 1. The van der Waals surface area contributed by atoms with E-state index in [-0.39, 0.29) is 62.2 Å². The van der Waals surface area contributed by atoms with Crippen LogP contribution in [0.4, 0.5) is 0 Å². The normalized spacial score (nSPS) is 25.7. The standard InChI is InChI=1S/C73H116N12O13/c1-20-48(10)62-67(92)75-53(69(94)85-34-28-23-29-35-85)42-60(87)78(13)43-61(88)79(14)57(37-45(4)5)70(95)80(15)54(36-44(2)3)65(90)77-63(50(12)86)73(98)82(17)55(40-51-30-24-21-25-31-51)64(89)74-49(11)68(93)83(18)58(38-46(6)7)72(97)84(19)59(39-47(8)9)71(96)81(16)56(66(91)76-62)41-52-32-26-22-27-33-52/h21-22,24-27,30-33,44-50,53-59,62-63,86H,20,23,28-29,34-43H2,1-19H3,(H,74,89)(H,75,92)(H,76,91)(H,77,90)/t48-,49-,50+,53-,54-,55-,56-,57-,58-,59-,62-,63-/m0/s1. The highest BCUT2D eigenvalue weighted by molar-refractivity contribution is 6.00. The van der Waals surface area contributed by atoms with E-state index in [9.17, 15) is 38.7 Å². The van der Waals surface area contributed by atoms with Gasteiger partial charge in [-0.2, -0.15) is 0 Å². The van der Waals surface area contributed by atoms with Crippen molar-refractivity contribution in [3.63, 3.8) is 0 Å². The zero-order valence-electron chi connectivity index (χ0n) is 61.8. The summed E-state index contributed by atoms with van der Waals surface area (Å²) in [5, 5.41) is 22.6. The van der Waals surface area contributed by atoms with Crippen LogP contribution in [-0.4, -0.2) is 251 Å². The van der Waals surface area contributed by atoms with Gasteiger partial charge in [0.1, 0.15) is 60.4 Å². The summed E-state index contributed by atoms with van der Waals surface area (Å²) < 4.78 is 0. The van der Waals surface area contributed by atoms with Crippen LogP contribution in [0.5, 0.6) is 0 Å². The van der Waals surface area contributed by atoms with E-state index in [2.05, 4.69) is 21.3 Å². The third-order valence-corrected chi connectivity index (χ3v) is 19.1. The molecule has 25 nitrogen and oxygen atoms in total. The molecule has 2 saturated heterocycles. The average molecular weight is 1370 g/mol. The number of carbonyl (C=O) groups excluding carboxylic acids is 12. The number of hydrogen-bond acceptors (Lipinski definition) is 13. The van der Waals surface area contributed by atoms with Crippen LogP contribution in [-0.2, 0) is 70.4 Å². The Hall–Kier alpha value is -7.96. The molecule has 12 amide bonds. The van der Waals surface area contributed by atoms with E-state index in [4.69, 9.17) is 0 Å². The van der Waals surface area contributed by atoms with E-state index >= 15 is 24.0 Å². The number of piperidine rings is 1. The van der Waals surface area contributed by atoms with Crippen molar-refractivity contribution < 1.29 is 62.6 Å². The molecular weight excluding hydrogens is 1250 g/mol. The van der Waals surface area contributed by atoms with Gasteiger partial charge in [0.15, 0.2) is 0 Å². The van der Waals surface area contributed by atoms with E-state index in [0.717, 1.165) is 16.2 Å². The Morgan fingerprint density at radius 1 is 0.449 bits per heavy atom. The molecule has 0 radical (unpaired) electrons. The van der Waals surface area contributed by atoms with Crippen molar-refractivity contribution in [2.24, 2.45) is 29.6 Å². The van der Waals surface area contributed by atoms with Crippen LogP contribution in [0.1, 0.15) is 152 Å². The molecule has 0 aromatic heterocycles. The molecule has 2 aliphatic rings. The lowest BCUT2D eigenvalue weighted by Crippen LogP contribution is -2.62. The van der Waals surface area contributed by atoms with Crippen molar-refractivity contribution >= 4 is 70.9 Å². The van der Waals surface area contributed by atoms with E-state index in [1.807, 2.05) is 62.3 Å². The molecule has 5 N–H and O–H groups in total. The van der Waals surface area contributed by atoms with Gasteiger partial charge in [-0.1, -0.05) is 136 Å². The number of amides is 12. The van der Waals surface area contributed by atoms with Gasteiger partial charge >= 0.3 is 0 Å². The molecule has 546 valence electrons. The summed E-state index contributed by atoms with van der Waals surface area (Å²) in [7, 11) is 9.89. The highest BCUT2D eigenvalue weighted by Gasteiger charge is 2.44. The lowest BCUT2D eigenvalue weighted by molar-refractivity contribution is -0.153. The predicted molar refractivity (Wildman–Crippen MR) is 375 cm³/mol. The van der Waals surface area contributed by atoms with Crippen LogP contribution in [0.3, 0.4) is 0 Å². The fourth-order valence-electron chi connectivity index (χ4n) is 12.6. The quantitative estimate of drug-likeness (QED) is 0.160. The summed E-state index contributed by atoms with van der Waals surface area (Å²) in [6.07, 6.45) is 0.732. The predicted octanol–water partition coefficient (Wildman–Crippen LogP) is 3.88. The number of carbonyl (C=O) groups is 12. The molecule has 0 aliphatic carbocycles. The minimum atomic E-state index is -1.68. The Bertz CT molecular complexity index is 3030. The molecule has 0 unspecified atom stereocenters. The number of hydrogen-bond donors (Lipinski definition) is 5. The molecule has 98 heavy (non-hydrogen) atoms. The summed E-state index contributed by atoms with van der Waals surface area (Å²) in [4.78, 5) is 189. The first-order valence-electron chi connectivity index (χ1n) is 35.0. The van der Waals surface area contributed by atoms with Crippen molar-refractivity contribution in [1.82, 2.24) is 60.5 Å². The number of nitrogens with one attached hydrogen (secondary N) is 4. The van der Waals surface area contributed by atoms with Gasteiger partial charge in [-0.15, -0.1) is 0 Å². The molecule has 25 heteroatoms. The fraction of sp³-hybridized carbons (Fsp3) is 0.671. The van der Waals surface area contributed by atoms with Crippen molar-refractivity contribution in [2.45, 2.75) is 220 Å². The number of nitrogens with zero attached hydrogens (tertiary/aromatic N) is 8. The monoisotopic (exact) mass is 1370 g/mol. The zero-order chi connectivity index (χ0) is 73.7. The number of likely N-dealkylation sites (N-methyl/N-ethyl adjacent to an activating group) is 7. The highest BCUT2D eigenvalue weighted by Crippen LogP contribution is 2.25. The minimum absolute atomic E-state index is 0.0347. The molecule has 4 rings (SSSR count). The highest BCUT2D eigenvalue weighted by atomic mass is 16.3. The van der Waals surface area contributed by atoms with Crippen LogP contribution >= 0.6 is 0 Å². The Labute approximate surface area is 582 Å². The summed E-state index contributed by atoms with van der Waals surface area (Å²) in [6.45, 7) is 21.3. The lowest BCUT2D eigenvalue weighted by atomic mass is 9.95. The Morgan fingerprint density at radius 3 is 1.27 bits per heavy atom. The minimum Gasteiger partial charge on any atom is -0.391 e. The second kappa shape index (κ2) is 38.4. The van der Waals surface area contributed by atoms with Crippen molar-refractivity contribution in [2.75, 3.05) is 69.0 Å². The van der Waals surface area contributed by atoms with Gasteiger partial charge < -0.3 is 65.6 Å². The molecule has 2 heterocycles. The van der Waals surface area contributed by atoms with E-state index < -0.39 is 156 Å². The maximum Gasteiger partial charge on any atom is 0.248 e. The number of benzene rings is 2. The van der Waals surface area contributed by atoms with Crippen molar-refractivity contribution in [1.29, 1.82) is 0 Å². The van der Waals surface area contributed by atoms with E-state index in [0.29, 0.717) is 43.5 Å². The maximum absolute atomic E-state index is 15.4. The molecule has 0 saturated carbocycles. The van der Waals surface area contributed by atoms with Gasteiger partial charge in [0.25, 0.3) is 0 Å². The topological polar surface area (TPSA) is 299 Å². The second-order valence-corrected chi connectivity index (χ2v) is 29.0. The number of aliphatic hydroxyl groups is 1. The molecular formula is C73H116N12O13. The third kappa shape index (κ3) is 23.1.